The minimum atomic E-state index is -1.14. The number of carboxylic acid groups (broad SMARTS) is 1. The van der Waals surface area contributed by atoms with E-state index in [1.165, 1.54) is 13.0 Å². The van der Waals surface area contributed by atoms with E-state index in [1.807, 2.05) is 0 Å². The molecule has 0 atom stereocenters. The number of aromatic nitrogens is 1. The van der Waals surface area contributed by atoms with E-state index < -0.39 is 5.97 Å². The molecule has 1 aromatic carbocycles. The zero-order valence-electron chi connectivity index (χ0n) is 10.8. The van der Waals surface area contributed by atoms with Gasteiger partial charge in [0.2, 0.25) is 0 Å². The molecule has 0 saturated heterocycles. The first kappa shape index (κ1) is 13.8. The lowest BCUT2D eigenvalue weighted by atomic mass is 10.1. The maximum absolute atomic E-state index is 11.0. The number of rotatable bonds is 6. The topological polar surface area (TPSA) is 89.6 Å². The molecule has 1 aromatic heterocycles. The number of carbonyl (C=O) groups is 2. The van der Waals surface area contributed by atoms with Crippen LogP contribution in [-0.2, 0) is 17.8 Å². The SMILES string of the molecule is CC(=O)Cc1ccc(OCc2cc(C(=O)O)no2)cc1. The molecule has 0 aliphatic carbocycles. The van der Waals surface area contributed by atoms with Crippen LogP contribution in [0.4, 0.5) is 0 Å². The van der Waals surface area contributed by atoms with E-state index in [0.717, 1.165) is 5.56 Å². The summed E-state index contributed by atoms with van der Waals surface area (Å²) in [5, 5.41) is 12.1. The Morgan fingerprint density at radius 2 is 2.00 bits per heavy atom. The highest BCUT2D eigenvalue weighted by atomic mass is 16.5. The molecule has 0 spiro atoms. The third-order valence-corrected chi connectivity index (χ3v) is 2.54. The van der Waals surface area contributed by atoms with Gasteiger partial charge in [-0.15, -0.1) is 0 Å². The monoisotopic (exact) mass is 275 g/mol. The Hall–Kier alpha value is -2.63. The van der Waals surface area contributed by atoms with Crippen molar-refractivity contribution in [1.29, 1.82) is 0 Å². The Balaban J connectivity index is 1.93. The summed E-state index contributed by atoms with van der Waals surface area (Å²) in [5.41, 5.74) is 0.762. The number of benzene rings is 1. The van der Waals surface area contributed by atoms with Gasteiger partial charge in [-0.1, -0.05) is 17.3 Å². The smallest absolute Gasteiger partial charge is 0.358 e. The minimum Gasteiger partial charge on any atom is -0.486 e. The van der Waals surface area contributed by atoms with Gasteiger partial charge >= 0.3 is 5.97 Å². The van der Waals surface area contributed by atoms with Crippen molar-refractivity contribution in [3.63, 3.8) is 0 Å². The van der Waals surface area contributed by atoms with Crippen LogP contribution in [-0.4, -0.2) is 22.0 Å². The zero-order chi connectivity index (χ0) is 14.5. The Kier molecular flexibility index (Phi) is 4.14. The number of hydrogen-bond acceptors (Lipinski definition) is 5. The largest absolute Gasteiger partial charge is 0.486 e. The molecule has 0 aliphatic heterocycles. The Bertz CT molecular complexity index is 615. The molecule has 0 aliphatic rings. The van der Waals surface area contributed by atoms with Crippen LogP contribution < -0.4 is 4.74 Å². The molecule has 0 bridgehead atoms. The van der Waals surface area contributed by atoms with Crippen molar-refractivity contribution in [3.05, 3.63) is 47.3 Å². The van der Waals surface area contributed by atoms with Crippen molar-refractivity contribution in [2.75, 3.05) is 0 Å². The molecular formula is C14H13NO5. The van der Waals surface area contributed by atoms with E-state index in [2.05, 4.69) is 5.16 Å². The van der Waals surface area contributed by atoms with E-state index in [9.17, 15) is 9.59 Å². The van der Waals surface area contributed by atoms with Crippen molar-refractivity contribution in [3.8, 4) is 5.75 Å². The number of aromatic carboxylic acids is 1. The first-order valence-corrected chi connectivity index (χ1v) is 5.94. The number of ether oxygens (including phenoxy) is 1. The summed E-state index contributed by atoms with van der Waals surface area (Å²) >= 11 is 0. The number of ketones is 1. The molecule has 6 heteroatoms. The van der Waals surface area contributed by atoms with Gasteiger partial charge in [-0.25, -0.2) is 4.79 Å². The fourth-order valence-electron chi connectivity index (χ4n) is 1.63. The maximum Gasteiger partial charge on any atom is 0.358 e. The van der Waals surface area contributed by atoms with E-state index in [1.54, 1.807) is 24.3 Å². The number of nitrogens with zero attached hydrogens (tertiary/aromatic N) is 1. The van der Waals surface area contributed by atoms with Crippen molar-refractivity contribution in [2.45, 2.75) is 20.0 Å². The van der Waals surface area contributed by atoms with Crippen LogP contribution in [0.2, 0.25) is 0 Å². The quantitative estimate of drug-likeness (QED) is 0.868. The van der Waals surface area contributed by atoms with Gasteiger partial charge < -0.3 is 14.4 Å². The summed E-state index contributed by atoms with van der Waals surface area (Å²) in [6.07, 6.45) is 0.393. The van der Waals surface area contributed by atoms with Crippen LogP contribution in [0, 0.1) is 0 Å². The van der Waals surface area contributed by atoms with Gasteiger partial charge in [0.1, 0.15) is 18.1 Å². The van der Waals surface area contributed by atoms with Crippen LogP contribution in [0.1, 0.15) is 28.7 Å². The molecule has 0 saturated carbocycles. The highest BCUT2D eigenvalue weighted by Crippen LogP contribution is 2.15. The summed E-state index contributed by atoms with van der Waals surface area (Å²) in [7, 11) is 0. The second-order valence-electron chi connectivity index (χ2n) is 4.30. The molecule has 0 unspecified atom stereocenters. The molecule has 0 radical (unpaired) electrons. The van der Waals surface area contributed by atoms with Crippen molar-refractivity contribution < 1.29 is 24.0 Å². The first-order valence-electron chi connectivity index (χ1n) is 5.94. The standard InChI is InChI=1S/C14H13NO5/c1-9(16)6-10-2-4-11(5-3-10)19-8-12-7-13(14(17)18)15-20-12/h2-5,7H,6,8H2,1H3,(H,17,18). The van der Waals surface area contributed by atoms with Crippen LogP contribution in [0.25, 0.3) is 0 Å². The summed E-state index contributed by atoms with van der Waals surface area (Å²) in [6, 6.07) is 8.41. The van der Waals surface area contributed by atoms with Gasteiger partial charge in [0, 0.05) is 12.5 Å². The molecule has 6 nitrogen and oxygen atoms in total. The number of Topliss-reactive ketones (excluding diaryl/α,β-unsaturated/α-hetero) is 1. The van der Waals surface area contributed by atoms with Gasteiger partial charge in [-0.2, -0.15) is 0 Å². The normalized spacial score (nSPS) is 10.2. The molecule has 0 amide bonds. The highest BCUT2D eigenvalue weighted by Gasteiger charge is 2.10. The summed E-state index contributed by atoms with van der Waals surface area (Å²) in [4.78, 5) is 21.6. The molecule has 2 rings (SSSR count). The fraction of sp³-hybridized carbons (Fsp3) is 0.214. The number of carboxylic acids is 1. The van der Waals surface area contributed by atoms with Gasteiger partial charge in [-0.3, -0.25) is 4.79 Å². The zero-order valence-corrected chi connectivity index (χ0v) is 10.8. The second kappa shape index (κ2) is 6.01. The van der Waals surface area contributed by atoms with Crippen LogP contribution in [0.3, 0.4) is 0 Å². The predicted molar refractivity (Wildman–Crippen MR) is 68.6 cm³/mol. The second-order valence-corrected chi connectivity index (χ2v) is 4.30. The summed E-state index contributed by atoms with van der Waals surface area (Å²) < 4.78 is 10.3. The van der Waals surface area contributed by atoms with E-state index >= 15 is 0 Å². The minimum absolute atomic E-state index is 0.0896. The van der Waals surface area contributed by atoms with Crippen molar-refractivity contribution in [1.82, 2.24) is 5.16 Å². The average Bonchev–Trinajstić information content (AvgIpc) is 2.86. The predicted octanol–water partition coefficient (Wildman–Crippen LogP) is 2.08. The lowest BCUT2D eigenvalue weighted by Crippen LogP contribution is -1.97. The fourth-order valence-corrected chi connectivity index (χ4v) is 1.63. The molecule has 2 aromatic rings. The molecule has 104 valence electrons. The van der Waals surface area contributed by atoms with Crippen LogP contribution in [0.5, 0.6) is 5.75 Å². The average molecular weight is 275 g/mol. The van der Waals surface area contributed by atoms with Crippen LogP contribution >= 0.6 is 0 Å². The maximum atomic E-state index is 11.0. The highest BCUT2D eigenvalue weighted by molar-refractivity contribution is 5.85. The van der Waals surface area contributed by atoms with Crippen LogP contribution in [0.15, 0.2) is 34.9 Å². The third-order valence-electron chi connectivity index (χ3n) is 2.54. The van der Waals surface area contributed by atoms with Crippen molar-refractivity contribution >= 4 is 11.8 Å². The van der Waals surface area contributed by atoms with Gasteiger partial charge in [0.05, 0.1) is 0 Å². The van der Waals surface area contributed by atoms with E-state index in [-0.39, 0.29) is 18.1 Å². The van der Waals surface area contributed by atoms with Gasteiger partial charge in [-0.05, 0) is 24.6 Å². The van der Waals surface area contributed by atoms with Gasteiger partial charge in [0.25, 0.3) is 0 Å². The molecule has 0 fully saturated rings. The lowest BCUT2D eigenvalue weighted by Gasteiger charge is -2.04. The van der Waals surface area contributed by atoms with E-state index in [0.29, 0.717) is 17.9 Å². The first-order chi connectivity index (χ1) is 9.54. The van der Waals surface area contributed by atoms with E-state index in [4.69, 9.17) is 14.4 Å². The molecular weight excluding hydrogens is 262 g/mol. The Labute approximate surface area is 115 Å². The van der Waals surface area contributed by atoms with Gasteiger partial charge in [0.15, 0.2) is 11.5 Å². The third kappa shape index (κ3) is 3.68. The molecule has 20 heavy (non-hydrogen) atoms. The van der Waals surface area contributed by atoms with Crippen molar-refractivity contribution in [2.24, 2.45) is 0 Å². The summed E-state index contributed by atoms with van der Waals surface area (Å²) in [5.74, 6) is -0.115. The summed E-state index contributed by atoms with van der Waals surface area (Å²) in [6.45, 7) is 1.63. The molecule has 1 N–H and O–H groups in total. The Morgan fingerprint density at radius 3 is 2.55 bits per heavy atom. The number of hydrogen-bond donors (Lipinski definition) is 1. The Morgan fingerprint density at radius 1 is 1.30 bits per heavy atom. The number of carbonyl (C=O) groups excluding carboxylic acids is 1. The lowest BCUT2D eigenvalue weighted by molar-refractivity contribution is -0.116. The molecule has 1 heterocycles.